The molecule has 0 atom stereocenters. The highest BCUT2D eigenvalue weighted by Gasteiger charge is 2.22. The number of carboxylic acids is 1. The van der Waals surface area contributed by atoms with Gasteiger partial charge in [-0.1, -0.05) is 37.6 Å². The second-order valence-electron chi connectivity index (χ2n) is 5.64. The van der Waals surface area contributed by atoms with Gasteiger partial charge in [-0.2, -0.15) is 0 Å². The first kappa shape index (κ1) is 17.9. The maximum atomic E-state index is 12.1. The molecular weight excluding hydrogens is 314 g/mol. The third kappa shape index (κ3) is 6.03. The van der Waals surface area contributed by atoms with Gasteiger partial charge < -0.3 is 5.11 Å². The number of carboxylic acid groups (broad SMARTS) is 1. The summed E-state index contributed by atoms with van der Waals surface area (Å²) in [5, 5.41) is 8.86. The van der Waals surface area contributed by atoms with Gasteiger partial charge in [-0.15, -0.1) is 0 Å². The molecule has 0 radical (unpaired) electrons. The highest BCUT2D eigenvalue weighted by molar-refractivity contribution is 7.89. The maximum Gasteiger partial charge on any atom is 0.303 e. The number of nitrogens with one attached hydrogen (secondary N) is 1. The minimum atomic E-state index is -3.64. The first-order chi connectivity index (χ1) is 9.64. The van der Waals surface area contributed by atoms with Crippen LogP contribution in [0.25, 0.3) is 0 Å². The van der Waals surface area contributed by atoms with E-state index in [1.165, 1.54) is 12.1 Å². The fourth-order valence-electron chi connectivity index (χ4n) is 1.83. The van der Waals surface area contributed by atoms with E-state index in [0.29, 0.717) is 12.8 Å². The molecule has 0 aliphatic carbocycles. The Morgan fingerprint density at radius 3 is 2.48 bits per heavy atom. The predicted octanol–water partition coefficient (Wildman–Crippen LogP) is 2.90. The zero-order chi connectivity index (χ0) is 16.1. The molecule has 5 nitrogen and oxygen atoms in total. The maximum absolute atomic E-state index is 12.1. The lowest BCUT2D eigenvalue weighted by Crippen LogP contribution is -2.28. The molecule has 0 heterocycles. The number of carbonyl (C=O) groups is 1. The van der Waals surface area contributed by atoms with Gasteiger partial charge in [-0.3, -0.25) is 4.79 Å². The highest BCUT2D eigenvalue weighted by Crippen LogP contribution is 2.26. The van der Waals surface area contributed by atoms with Crippen LogP contribution < -0.4 is 4.72 Å². The molecule has 1 aromatic carbocycles. The van der Waals surface area contributed by atoms with Crippen molar-refractivity contribution in [3.05, 3.63) is 29.3 Å². The molecule has 2 N–H and O–H groups in total. The lowest BCUT2D eigenvalue weighted by Gasteiger charge is -2.23. The van der Waals surface area contributed by atoms with Crippen molar-refractivity contribution in [3.63, 3.8) is 0 Å². The third-order valence-corrected chi connectivity index (χ3v) is 5.20. The molecule has 0 saturated carbocycles. The SMILES string of the molecule is CC(C)(CCNS(=O)(=O)c1ccccc1Cl)CCC(=O)O. The summed E-state index contributed by atoms with van der Waals surface area (Å²) in [5.74, 6) is -0.847. The van der Waals surface area contributed by atoms with Crippen molar-refractivity contribution >= 4 is 27.6 Å². The van der Waals surface area contributed by atoms with Gasteiger partial charge in [-0.25, -0.2) is 13.1 Å². The monoisotopic (exact) mass is 333 g/mol. The van der Waals surface area contributed by atoms with Crippen LogP contribution in [0.4, 0.5) is 0 Å². The Balaban J connectivity index is 2.59. The fourth-order valence-corrected chi connectivity index (χ4v) is 3.38. The lowest BCUT2D eigenvalue weighted by molar-refractivity contribution is -0.137. The summed E-state index contributed by atoms with van der Waals surface area (Å²) in [6.07, 6.45) is 1.12. The van der Waals surface area contributed by atoms with Crippen LogP contribution in [-0.4, -0.2) is 26.0 Å². The topological polar surface area (TPSA) is 83.5 Å². The van der Waals surface area contributed by atoms with E-state index in [-0.39, 0.29) is 28.3 Å². The van der Waals surface area contributed by atoms with Gasteiger partial charge >= 0.3 is 5.97 Å². The van der Waals surface area contributed by atoms with E-state index in [4.69, 9.17) is 16.7 Å². The lowest BCUT2D eigenvalue weighted by atomic mass is 9.84. The predicted molar refractivity (Wildman–Crippen MR) is 81.9 cm³/mol. The summed E-state index contributed by atoms with van der Waals surface area (Å²) < 4.78 is 26.7. The molecule has 118 valence electrons. The first-order valence-electron chi connectivity index (χ1n) is 6.60. The first-order valence-corrected chi connectivity index (χ1v) is 8.46. The average molecular weight is 334 g/mol. The molecule has 7 heteroatoms. The second-order valence-corrected chi connectivity index (χ2v) is 7.78. The van der Waals surface area contributed by atoms with Crippen molar-refractivity contribution < 1.29 is 18.3 Å². The minimum absolute atomic E-state index is 0.0509. The van der Waals surface area contributed by atoms with Crippen LogP contribution in [-0.2, 0) is 14.8 Å². The van der Waals surface area contributed by atoms with Gasteiger partial charge in [0.05, 0.1) is 5.02 Å². The van der Waals surface area contributed by atoms with Crippen molar-refractivity contribution in [3.8, 4) is 0 Å². The molecule has 0 aromatic heterocycles. The molecule has 21 heavy (non-hydrogen) atoms. The van der Waals surface area contributed by atoms with Gasteiger partial charge in [0.25, 0.3) is 0 Å². The highest BCUT2D eigenvalue weighted by atomic mass is 35.5. The average Bonchev–Trinajstić information content (AvgIpc) is 2.36. The number of sulfonamides is 1. The van der Waals surface area contributed by atoms with E-state index in [9.17, 15) is 13.2 Å². The van der Waals surface area contributed by atoms with Crippen molar-refractivity contribution in [2.45, 2.75) is 38.0 Å². The Kier molecular flexibility index (Phi) is 6.19. The molecule has 0 aliphatic rings. The summed E-state index contributed by atoms with van der Waals surface area (Å²) >= 11 is 5.88. The summed E-state index contributed by atoms with van der Waals surface area (Å²) in [6.45, 7) is 4.07. The molecule has 0 fully saturated rings. The van der Waals surface area contributed by atoms with Crippen LogP contribution >= 0.6 is 11.6 Å². The minimum Gasteiger partial charge on any atom is -0.481 e. The van der Waals surface area contributed by atoms with Crippen LogP contribution in [0, 0.1) is 5.41 Å². The molecule has 0 saturated heterocycles. The molecule has 0 unspecified atom stereocenters. The molecule has 0 bridgehead atoms. The smallest absolute Gasteiger partial charge is 0.303 e. The molecular formula is C14H20ClNO4S. The van der Waals surface area contributed by atoms with Crippen molar-refractivity contribution in [2.75, 3.05) is 6.54 Å². The number of aliphatic carboxylic acids is 1. The van der Waals surface area contributed by atoms with Gasteiger partial charge in [-0.05, 0) is 30.4 Å². The molecule has 1 aromatic rings. The van der Waals surface area contributed by atoms with Crippen LogP contribution in [0.15, 0.2) is 29.2 Å². The Morgan fingerprint density at radius 2 is 1.90 bits per heavy atom. The van der Waals surface area contributed by atoms with Crippen LogP contribution in [0.5, 0.6) is 0 Å². The van der Waals surface area contributed by atoms with E-state index in [1.54, 1.807) is 12.1 Å². The number of rotatable bonds is 8. The van der Waals surface area contributed by atoms with Crippen LogP contribution in [0.1, 0.15) is 33.1 Å². The van der Waals surface area contributed by atoms with Crippen molar-refractivity contribution in [1.29, 1.82) is 0 Å². The standard InChI is InChI=1S/C14H20ClNO4S/c1-14(2,8-7-13(17)18)9-10-16-21(19,20)12-6-4-3-5-11(12)15/h3-6,16H,7-10H2,1-2H3,(H,17,18). The normalized spacial score (nSPS) is 12.3. The van der Waals surface area contributed by atoms with Crippen molar-refractivity contribution in [1.82, 2.24) is 4.72 Å². The van der Waals surface area contributed by atoms with Crippen LogP contribution in [0.3, 0.4) is 0 Å². The van der Waals surface area contributed by atoms with E-state index in [1.807, 2.05) is 13.8 Å². The Morgan fingerprint density at radius 1 is 1.29 bits per heavy atom. The van der Waals surface area contributed by atoms with Crippen LogP contribution in [0.2, 0.25) is 5.02 Å². The van der Waals surface area contributed by atoms with E-state index >= 15 is 0 Å². The Hall–Kier alpha value is -1.11. The van der Waals surface area contributed by atoms with E-state index in [2.05, 4.69) is 4.72 Å². The van der Waals surface area contributed by atoms with Gasteiger partial charge in [0.15, 0.2) is 0 Å². The largest absolute Gasteiger partial charge is 0.481 e. The molecule has 0 spiro atoms. The quantitative estimate of drug-likeness (QED) is 0.766. The van der Waals surface area contributed by atoms with Crippen molar-refractivity contribution in [2.24, 2.45) is 5.41 Å². The zero-order valence-corrected chi connectivity index (χ0v) is 13.7. The zero-order valence-electron chi connectivity index (χ0n) is 12.1. The number of hydrogen-bond donors (Lipinski definition) is 2. The second kappa shape index (κ2) is 7.24. The van der Waals surface area contributed by atoms with Gasteiger partial charge in [0, 0.05) is 13.0 Å². The summed E-state index contributed by atoms with van der Waals surface area (Å²) in [6, 6.07) is 6.24. The van der Waals surface area contributed by atoms with E-state index < -0.39 is 16.0 Å². The number of halogens is 1. The molecule has 0 amide bonds. The molecule has 0 aliphatic heterocycles. The number of hydrogen-bond acceptors (Lipinski definition) is 3. The molecule has 1 rings (SSSR count). The third-order valence-electron chi connectivity index (χ3n) is 3.24. The van der Waals surface area contributed by atoms with Gasteiger partial charge in [0.1, 0.15) is 4.90 Å². The van der Waals surface area contributed by atoms with E-state index in [0.717, 1.165) is 0 Å². The number of benzene rings is 1. The fraction of sp³-hybridized carbons (Fsp3) is 0.500. The summed E-state index contributed by atoms with van der Waals surface area (Å²) in [7, 11) is -3.64. The Bertz CT molecular complexity index is 599. The summed E-state index contributed by atoms with van der Waals surface area (Å²) in [4.78, 5) is 10.6. The Labute approximate surface area is 130 Å². The summed E-state index contributed by atoms with van der Waals surface area (Å²) in [5.41, 5.74) is -0.249. The van der Waals surface area contributed by atoms with Gasteiger partial charge in [0.2, 0.25) is 10.0 Å².